The quantitative estimate of drug-likeness (QED) is 0.691. The molecule has 0 fully saturated rings. The Labute approximate surface area is 126 Å². The number of aryl methyl sites for hydroxylation is 1. The van der Waals surface area contributed by atoms with E-state index in [1.807, 2.05) is 6.92 Å². The molecule has 0 aliphatic carbocycles. The van der Waals surface area contributed by atoms with Gasteiger partial charge in [0.25, 0.3) is 5.91 Å². The summed E-state index contributed by atoms with van der Waals surface area (Å²) in [7, 11) is -3.57. The van der Waals surface area contributed by atoms with Crippen LogP contribution in [-0.4, -0.2) is 33.5 Å². The van der Waals surface area contributed by atoms with Gasteiger partial charge < -0.3 is 11.1 Å². The maximum absolute atomic E-state index is 12.1. The summed E-state index contributed by atoms with van der Waals surface area (Å²) in [5.74, 6) is -0.290. The second-order valence-corrected chi connectivity index (χ2v) is 6.77. The summed E-state index contributed by atoms with van der Waals surface area (Å²) >= 11 is 0. The lowest BCUT2D eigenvalue weighted by molar-refractivity contribution is 0.0952. The van der Waals surface area contributed by atoms with E-state index in [4.69, 9.17) is 5.73 Å². The summed E-state index contributed by atoms with van der Waals surface area (Å²) in [6, 6.07) is 4.53. The molecule has 1 aromatic carbocycles. The molecule has 0 spiro atoms. The first-order valence-corrected chi connectivity index (χ1v) is 8.40. The van der Waals surface area contributed by atoms with Gasteiger partial charge in [-0.2, -0.15) is 0 Å². The van der Waals surface area contributed by atoms with Crippen LogP contribution in [0.15, 0.2) is 23.1 Å². The van der Waals surface area contributed by atoms with Crippen molar-refractivity contribution in [3.63, 3.8) is 0 Å². The van der Waals surface area contributed by atoms with Gasteiger partial charge in [-0.25, -0.2) is 13.1 Å². The van der Waals surface area contributed by atoms with E-state index in [2.05, 4.69) is 10.0 Å². The molecular weight excluding hydrogens is 290 g/mol. The Morgan fingerprint density at radius 1 is 1.38 bits per heavy atom. The van der Waals surface area contributed by atoms with Gasteiger partial charge in [0.1, 0.15) is 0 Å². The van der Waals surface area contributed by atoms with Gasteiger partial charge in [-0.15, -0.1) is 0 Å². The Bertz CT molecular complexity index is 597. The second kappa shape index (κ2) is 7.53. The van der Waals surface area contributed by atoms with Crippen LogP contribution in [0.5, 0.6) is 0 Å². The molecule has 0 aliphatic heterocycles. The highest BCUT2D eigenvalue weighted by Crippen LogP contribution is 2.15. The number of nitrogens with one attached hydrogen (secondary N) is 2. The van der Waals surface area contributed by atoms with Crippen molar-refractivity contribution in [2.45, 2.75) is 38.1 Å². The van der Waals surface area contributed by atoms with Crippen molar-refractivity contribution in [1.29, 1.82) is 0 Å². The average Bonchev–Trinajstić information content (AvgIpc) is 2.38. The molecule has 6 nitrogen and oxygen atoms in total. The fourth-order valence-electron chi connectivity index (χ4n) is 1.79. The molecule has 1 aromatic rings. The first-order valence-electron chi connectivity index (χ1n) is 6.92. The molecule has 0 saturated heterocycles. The molecule has 0 aliphatic rings. The van der Waals surface area contributed by atoms with Crippen molar-refractivity contribution in [2.75, 3.05) is 13.1 Å². The van der Waals surface area contributed by atoms with Gasteiger partial charge in [-0.05, 0) is 38.0 Å². The lowest BCUT2D eigenvalue weighted by atomic mass is 10.1. The number of amides is 1. The smallest absolute Gasteiger partial charge is 0.251 e. The summed E-state index contributed by atoms with van der Waals surface area (Å²) in [6.45, 7) is 6.09. The number of nitrogens with two attached hydrogens (primary N) is 1. The summed E-state index contributed by atoms with van der Waals surface area (Å²) in [6.07, 6.45) is 0.667. The monoisotopic (exact) mass is 313 g/mol. The van der Waals surface area contributed by atoms with Gasteiger partial charge in [-0.1, -0.05) is 13.0 Å². The minimum Gasteiger partial charge on any atom is -0.352 e. The number of hydrogen-bond donors (Lipinski definition) is 3. The molecule has 118 valence electrons. The Morgan fingerprint density at radius 3 is 2.62 bits per heavy atom. The molecule has 0 radical (unpaired) electrons. The van der Waals surface area contributed by atoms with Gasteiger partial charge in [0.2, 0.25) is 10.0 Å². The Balaban J connectivity index is 2.95. The van der Waals surface area contributed by atoms with Crippen LogP contribution in [0, 0.1) is 6.92 Å². The number of carbonyl (C=O) groups is 1. The number of sulfonamides is 1. The maximum Gasteiger partial charge on any atom is 0.251 e. The van der Waals surface area contributed by atoms with Crippen LogP contribution >= 0.6 is 0 Å². The van der Waals surface area contributed by atoms with Crippen LogP contribution in [0.4, 0.5) is 0 Å². The van der Waals surface area contributed by atoms with Crippen LogP contribution in [0.2, 0.25) is 0 Å². The van der Waals surface area contributed by atoms with E-state index >= 15 is 0 Å². The van der Waals surface area contributed by atoms with E-state index in [0.29, 0.717) is 25.1 Å². The van der Waals surface area contributed by atoms with Crippen LogP contribution < -0.4 is 15.8 Å². The molecular formula is C14H23N3O3S. The van der Waals surface area contributed by atoms with E-state index < -0.39 is 10.0 Å². The van der Waals surface area contributed by atoms with Crippen LogP contribution in [-0.2, 0) is 10.0 Å². The van der Waals surface area contributed by atoms with Gasteiger partial charge >= 0.3 is 0 Å². The molecule has 1 atom stereocenters. The van der Waals surface area contributed by atoms with Crippen molar-refractivity contribution < 1.29 is 13.2 Å². The molecule has 1 amide bonds. The third-order valence-corrected chi connectivity index (χ3v) is 4.53. The molecule has 0 heterocycles. The van der Waals surface area contributed by atoms with Crippen LogP contribution in [0.25, 0.3) is 0 Å². The Kier molecular flexibility index (Phi) is 6.32. The highest BCUT2D eigenvalue weighted by atomic mass is 32.2. The summed E-state index contributed by atoms with van der Waals surface area (Å²) in [5.41, 5.74) is 6.71. The van der Waals surface area contributed by atoms with Crippen molar-refractivity contribution in [3.05, 3.63) is 29.3 Å². The predicted octanol–water partition coefficient (Wildman–Crippen LogP) is 0.760. The van der Waals surface area contributed by atoms with Crippen LogP contribution in [0.1, 0.15) is 36.2 Å². The molecule has 0 saturated carbocycles. The molecule has 4 N–H and O–H groups in total. The average molecular weight is 313 g/mol. The van der Waals surface area contributed by atoms with Crippen molar-refractivity contribution in [2.24, 2.45) is 5.73 Å². The SMILES string of the molecule is CCNS(=O)(=O)c1ccc(C)c(C(=O)NCCC(C)N)c1. The largest absolute Gasteiger partial charge is 0.352 e. The Morgan fingerprint density at radius 2 is 2.05 bits per heavy atom. The maximum atomic E-state index is 12.1. The van der Waals surface area contributed by atoms with Gasteiger partial charge in [0.15, 0.2) is 0 Å². The van der Waals surface area contributed by atoms with E-state index in [9.17, 15) is 13.2 Å². The second-order valence-electron chi connectivity index (χ2n) is 5.00. The van der Waals surface area contributed by atoms with Crippen molar-refractivity contribution >= 4 is 15.9 Å². The van der Waals surface area contributed by atoms with Gasteiger partial charge in [-0.3, -0.25) is 4.79 Å². The van der Waals surface area contributed by atoms with E-state index in [1.54, 1.807) is 19.9 Å². The first kappa shape index (κ1) is 17.6. The van der Waals surface area contributed by atoms with E-state index in [0.717, 1.165) is 5.56 Å². The minimum atomic E-state index is -3.57. The van der Waals surface area contributed by atoms with Crippen molar-refractivity contribution in [1.82, 2.24) is 10.0 Å². The fraction of sp³-hybridized carbons (Fsp3) is 0.500. The zero-order valence-electron chi connectivity index (χ0n) is 12.6. The normalized spacial score (nSPS) is 13.0. The lowest BCUT2D eigenvalue weighted by Gasteiger charge is -2.11. The van der Waals surface area contributed by atoms with Gasteiger partial charge in [0, 0.05) is 24.7 Å². The van der Waals surface area contributed by atoms with Crippen LogP contribution in [0.3, 0.4) is 0 Å². The lowest BCUT2D eigenvalue weighted by Crippen LogP contribution is -2.30. The number of carbonyl (C=O) groups excluding carboxylic acids is 1. The van der Waals surface area contributed by atoms with E-state index in [1.165, 1.54) is 12.1 Å². The fourth-order valence-corrected chi connectivity index (χ4v) is 2.86. The molecule has 1 rings (SSSR count). The zero-order chi connectivity index (χ0) is 16.0. The Hall–Kier alpha value is -1.44. The summed E-state index contributed by atoms with van der Waals surface area (Å²) in [4.78, 5) is 12.2. The highest BCUT2D eigenvalue weighted by molar-refractivity contribution is 7.89. The highest BCUT2D eigenvalue weighted by Gasteiger charge is 2.17. The summed E-state index contributed by atoms with van der Waals surface area (Å²) < 4.78 is 26.3. The first-order chi connectivity index (χ1) is 9.77. The minimum absolute atomic E-state index is 0.00635. The van der Waals surface area contributed by atoms with Gasteiger partial charge in [0.05, 0.1) is 4.90 Å². The summed E-state index contributed by atoms with van der Waals surface area (Å²) in [5, 5.41) is 2.75. The topological polar surface area (TPSA) is 101 Å². The third kappa shape index (κ3) is 5.11. The van der Waals surface area contributed by atoms with Crippen molar-refractivity contribution in [3.8, 4) is 0 Å². The number of rotatable bonds is 7. The van der Waals surface area contributed by atoms with E-state index in [-0.39, 0.29) is 16.8 Å². The molecule has 1 unspecified atom stereocenters. The number of hydrogen-bond acceptors (Lipinski definition) is 4. The standard InChI is InChI=1S/C14H23N3O3S/c1-4-17-21(19,20)12-6-5-10(2)13(9-12)14(18)16-8-7-11(3)15/h5-6,9,11,17H,4,7-8,15H2,1-3H3,(H,16,18). The molecule has 0 aromatic heterocycles. The molecule has 7 heteroatoms. The zero-order valence-corrected chi connectivity index (χ0v) is 13.5. The molecule has 21 heavy (non-hydrogen) atoms. The molecule has 0 bridgehead atoms. The predicted molar refractivity (Wildman–Crippen MR) is 82.6 cm³/mol. The number of benzene rings is 1. The third-order valence-electron chi connectivity index (χ3n) is 2.98.